The number of hydrogen-bond acceptors (Lipinski definition) is 3. The lowest BCUT2D eigenvalue weighted by Gasteiger charge is -2.30. The average molecular weight is 378 g/mol. The van der Waals surface area contributed by atoms with Crippen LogP contribution in [0.2, 0.25) is 5.02 Å². The van der Waals surface area contributed by atoms with Crippen LogP contribution in [0.15, 0.2) is 48.5 Å². The fraction of sp³-hybridized carbons (Fsp3) is 0.350. The number of carboxylic acids is 1. The van der Waals surface area contributed by atoms with Crippen molar-refractivity contribution in [1.82, 2.24) is 4.90 Å². The second-order valence-corrected chi connectivity index (χ2v) is 7.35. The molecule has 0 bridgehead atoms. The van der Waals surface area contributed by atoms with Crippen molar-refractivity contribution in [1.29, 1.82) is 0 Å². The van der Waals surface area contributed by atoms with Gasteiger partial charge in [-0.1, -0.05) is 48.0 Å². The molecule has 3 rings (SSSR count). The van der Waals surface area contributed by atoms with E-state index in [9.17, 15) is 19.4 Å². The molecule has 1 heterocycles. The van der Waals surface area contributed by atoms with Gasteiger partial charge in [-0.05, 0) is 42.6 Å². The summed E-state index contributed by atoms with van der Waals surface area (Å²) in [5.41, 5.74) is 1.07. The van der Waals surface area contributed by atoms with E-state index in [0.29, 0.717) is 31.5 Å². The summed E-state index contributed by atoms with van der Waals surface area (Å²) < 4.78 is 13.3. The predicted molar refractivity (Wildman–Crippen MR) is 97.6 cm³/mol. The van der Waals surface area contributed by atoms with E-state index in [-0.39, 0.29) is 11.6 Å². The molecule has 2 N–H and O–H groups in total. The van der Waals surface area contributed by atoms with Crippen LogP contribution >= 0.6 is 11.6 Å². The van der Waals surface area contributed by atoms with Crippen LogP contribution < -0.4 is 0 Å². The molecule has 2 atom stereocenters. The van der Waals surface area contributed by atoms with Gasteiger partial charge >= 0.3 is 5.97 Å². The van der Waals surface area contributed by atoms with Crippen LogP contribution in [0.1, 0.15) is 23.6 Å². The Hall–Kier alpha value is -1.95. The van der Waals surface area contributed by atoms with E-state index in [2.05, 4.69) is 0 Å². The first-order chi connectivity index (χ1) is 12.4. The Balaban J connectivity index is 1.85. The second-order valence-electron chi connectivity index (χ2n) is 6.95. The van der Waals surface area contributed by atoms with Gasteiger partial charge in [0.05, 0.1) is 6.61 Å². The Kier molecular flexibility index (Phi) is 5.61. The number of aliphatic hydroxyl groups is 1. The standard InChI is InChI=1S/C20H21ClFNO3/c21-17-10-15(22)6-7-16(17)18(19(25)26)23-9-8-20(12-23,13-24)11-14-4-2-1-3-5-14/h1-7,10,18,24H,8-9,11-13H2,(H,25,26). The van der Waals surface area contributed by atoms with Crippen LogP contribution in [-0.4, -0.2) is 40.8 Å². The molecule has 4 nitrogen and oxygen atoms in total. The molecule has 2 unspecified atom stereocenters. The molecular formula is C20H21ClFNO3. The molecule has 0 spiro atoms. The van der Waals surface area contributed by atoms with E-state index in [1.54, 1.807) is 4.90 Å². The molecule has 1 saturated heterocycles. The van der Waals surface area contributed by atoms with Crippen molar-refractivity contribution < 1.29 is 19.4 Å². The Morgan fingerprint density at radius 3 is 2.62 bits per heavy atom. The molecule has 26 heavy (non-hydrogen) atoms. The monoisotopic (exact) mass is 377 g/mol. The minimum atomic E-state index is -1.04. The lowest BCUT2D eigenvalue weighted by molar-refractivity contribution is -0.143. The van der Waals surface area contributed by atoms with Gasteiger partial charge in [-0.15, -0.1) is 0 Å². The van der Waals surface area contributed by atoms with Crippen LogP contribution in [0.4, 0.5) is 4.39 Å². The first kappa shape index (κ1) is 18.8. The van der Waals surface area contributed by atoms with E-state index >= 15 is 0 Å². The number of hydrogen-bond donors (Lipinski definition) is 2. The minimum absolute atomic E-state index is 0.0259. The van der Waals surface area contributed by atoms with Crippen LogP contribution in [0.25, 0.3) is 0 Å². The molecule has 1 aliphatic rings. The summed E-state index contributed by atoms with van der Waals surface area (Å²) in [7, 11) is 0. The van der Waals surface area contributed by atoms with Gasteiger partial charge in [-0.2, -0.15) is 0 Å². The zero-order valence-electron chi connectivity index (χ0n) is 14.2. The fourth-order valence-electron chi connectivity index (χ4n) is 3.76. The summed E-state index contributed by atoms with van der Waals surface area (Å²) in [6.07, 6.45) is 1.35. The number of carbonyl (C=O) groups is 1. The number of aliphatic carboxylic acids is 1. The number of benzene rings is 2. The van der Waals surface area contributed by atoms with Gasteiger partial charge in [0.25, 0.3) is 0 Å². The third-order valence-corrected chi connectivity index (χ3v) is 5.41. The third-order valence-electron chi connectivity index (χ3n) is 5.08. The Bertz CT molecular complexity index is 786. The Morgan fingerprint density at radius 2 is 2.00 bits per heavy atom. The molecule has 0 amide bonds. The molecule has 0 aromatic heterocycles. The Labute approximate surface area is 156 Å². The van der Waals surface area contributed by atoms with Crippen molar-refractivity contribution in [3.63, 3.8) is 0 Å². The molecule has 0 aliphatic carbocycles. The first-order valence-electron chi connectivity index (χ1n) is 8.51. The van der Waals surface area contributed by atoms with Crippen molar-refractivity contribution in [2.24, 2.45) is 5.41 Å². The normalized spacial score (nSPS) is 21.7. The predicted octanol–water partition coefficient (Wildman–Crippen LogP) is 3.53. The lowest BCUT2D eigenvalue weighted by Crippen LogP contribution is -2.37. The van der Waals surface area contributed by atoms with E-state index < -0.39 is 23.2 Å². The third kappa shape index (κ3) is 3.90. The van der Waals surface area contributed by atoms with E-state index in [1.807, 2.05) is 30.3 Å². The van der Waals surface area contributed by atoms with Gasteiger partial charge in [-0.3, -0.25) is 9.69 Å². The highest BCUT2D eigenvalue weighted by molar-refractivity contribution is 6.31. The maximum Gasteiger partial charge on any atom is 0.325 e. The topological polar surface area (TPSA) is 60.8 Å². The van der Waals surface area contributed by atoms with Gasteiger partial charge < -0.3 is 10.2 Å². The molecular weight excluding hydrogens is 357 g/mol. The molecule has 0 radical (unpaired) electrons. The lowest BCUT2D eigenvalue weighted by atomic mass is 9.81. The highest BCUT2D eigenvalue weighted by Gasteiger charge is 2.43. The minimum Gasteiger partial charge on any atom is -0.480 e. The summed E-state index contributed by atoms with van der Waals surface area (Å²) in [5, 5.41) is 19.9. The number of aliphatic hydroxyl groups excluding tert-OH is 1. The maximum atomic E-state index is 13.3. The molecule has 6 heteroatoms. The van der Waals surface area contributed by atoms with Crippen LogP contribution in [-0.2, 0) is 11.2 Å². The molecule has 2 aromatic carbocycles. The SMILES string of the molecule is O=C(O)C(c1ccc(F)cc1Cl)N1CCC(CO)(Cc2ccccc2)C1. The quantitative estimate of drug-likeness (QED) is 0.808. The van der Waals surface area contributed by atoms with Crippen molar-refractivity contribution >= 4 is 17.6 Å². The first-order valence-corrected chi connectivity index (χ1v) is 8.88. The van der Waals surface area contributed by atoms with Gasteiger partial charge in [-0.25, -0.2) is 4.39 Å². The van der Waals surface area contributed by atoms with Gasteiger partial charge in [0.2, 0.25) is 0 Å². The smallest absolute Gasteiger partial charge is 0.325 e. The number of carboxylic acid groups (broad SMARTS) is 1. The van der Waals surface area contributed by atoms with Crippen molar-refractivity contribution in [3.05, 3.63) is 70.5 Å². The molecule has 0 saturated carbocycles. The average Bonchev–Trinajstić information content (AvgIpc) is 3.02. The molecule has 138 valence electrons. The largest absolute Gasteiger partial charge is 0.480 e. The second kappa shape index (κ2) is 7.74. The van der Waals surface area contributed by atoms with Crippen LogP contribution in [0, 0.1) is 11.2 Å². The van der Waals surface area contributed by atoms with Crippen molar-refractivity contribution in [2.75, 3.05) is 19.7 Å². The zero-order chi connectivity index (χ0) is 18.7. The number of likely N-dealkylation sites (tertiary alicyclic amines) is 1. The maximum absolute atomic E-state index is 13.3. The summed E-state index contributed by atoms with van der Waals surface area (Å²) in [5.74, 6) is -1.54. The Morgan fingerprint density at radius 1 is 1.27 bits per heavy atom. The highest BCUT2D eigenvalue weighted by Crippen LogP contribution is 2.39. The fourth-order valence-corrected chi connectivity index (χ4v) is 4.03. The van der Waals surface area contributed by atoms with Gasteiger partial charge in [0, 0.05) is 17.0 Å². The molecule has 2 aromatic rings. The summed E-state index contributed by atoms with van der Waals surface area (Å²) >= 11 is 6.10. The molecule has 1 fully saturated rings. The van der Waals surface area contributed by atoms with Crippen molar-refractivity contribution in [3.8, 4) is 0 Å². The van der Waals surface area contributed by atoms with Crippen molar-refractivity contribution in [2.45, 2.75) is 18.9 Å². The van der Waals surface area contributed by atoms with E-state index in [4.69, 9.17) is 11.6 Å². The van der Waals surface area contributed by atoms with Crippen LogP contribution in [0.5, 0.6) is 0 Å². The summed E-state index contributed by atoms with van der Waals surface area (Å²) in [4.78, 5) is 13.7. The zero-order valence-corrected chi connectivity index (χ0v) is 15.0. The van der Waals surface area contributed by atoms with E-state index in [1.165, 1.54) is 12.1 Å². The number of nitrogens with zero attached hydrogens (tertiary/aromatic N) is 1. The highest BCUT2D eigenvalue weighted by atomic mass is 35.5. The molecule has 1 aliphatic heterocycles. The number of rotatable bonds is 6. The van der Waals surface area contributed by atoms with Crippen LogP contribution in [0.3, 0.4) is 0 Å². The number of halogens is 2. The van der Waals surface area contributed by atoms with Gasteiger partial charge in [0.1, 0.15) is 11.9 Å². The van der Waals surface area contributed by atoms with E-state index in [0.717, 1.165) is 11.6 Å². The summed E-state index contributed by atoms with van der Waals surface area (Å²) in [6.45, 7) is 0.934. The van der Waals surface area contributed by atoms with Gasteiger partial charge in [0.15, 0.2) is 0 Å². The summed E-state index contributed by atoms with van der Waals surface area (Å²) in [6, 6.07) is 12.7.